The second-order valence-electron chi connectivity index (χ2n) is 6.55. The van der Waals surface area contributed by atoms with Gasteiger partial charge in [0.25, 0.3) is 0 Å². The van der Waals surface area contributed by atoms with Gasteiger partial charge in [-0.2, -0.15) is 13.2 Å². The number of alkyl halides is 3. The fraction of sp³-hybridized carbons (Fsp3) is 0.611. The van der Waals surface area contributed by atoms with Crippen molar-refractivity contribution in [3.63, 3.8) is 0 Å². The van der Waals surface area contributed by atoms with Crippen molar-refractivity contribution >= 4 is 11.6 Å². The molecule has 1 aromatic carbocycles. The second-order valence-corrected chi connectivity index (χ2v) is 6.55. The Labute approximate surface area is 152 Å². The van der Waals surface area contributed by atoms with Crippen LogP contribution in [-0.2, 0) is 9.53 Å². The molecule has 1 aromatic rings. The van der Waals surface area contributed by atoms with Gasteiger partial charge in [-0.1, -0.05) is 17.7 Å². The topological polar surface area (TPSA) is 44.8 Å². The molecule has 0 saturated carbocycles. The van der Waals surface area contributed by atoms with Gasteiger partial charge in [-0.25, -0.2) is 0 Å². The summed E-state index contributed by atoms with van der Waals surface area (Å²) in [6, 6.07) is 7.66. The van der Waals surface area contributed by atoms with E-state index >= 15 is 0 Å². The molecule has 0 bridgehead atoms. The zero-order valence-corrected chi connectivity index (χ0v) is 15.0. The standard InChI is InChI=1S/C18H26F3N3O2/c1-15-3-5-16(6-4-15)22-17(25)13-24-10-8-23(9-11-24)7-2-12-26-14-18(19,20)21/h3-6H,2,7-14H2,1H3,(H,22,25). The summed E-state index contributed by atoms with van der Waals surface area (Å²) in [5.41, 5.74) is 1.93. The first-order valence-electron chi connectivity index (χ1n) is 8.77. The number of ether oxygens (including phenoxy) is 1. The molecule has 8 heteroatoms. The van der Waals surface area contributed by atoms with Crippen LogP contribution in [0.3, 0.4) is 0 Å². The number of aryl methyl sites for hydroxylation is 1. The fourth-order valence-electron chi connectivity index (χ4n) is 2.79. The van der Waals surface area contributed by atoms with Gasteiger partial charge in [-0.15, -0.1) is 0 Å². The van der Waals surface area contributed by atoms with Gasteiger partial charge in [0.15, 0.2) is 0 Å². The zero-order valence-electron chi connectivity index (χ0n) is 15.0. The summed E-state index contributed by atoms with van der Waals surface area (Å²) in [5, 5.41) is 2.89. The van der Waals surface area contributed by atoms with Gasteiger partial charge in [0.1, 0.15) is 6.61 Å². The van der Waals surface area contributed by atoms with Crippen molar-refractivity contribution in [2.75, 3.05) is 57.8 Å². The van der Waals surface area contributed by atoms with Crippen LogP contribution in [0.4, 0.5) is 18.9 Å². The monoisotopic (exact) mass is 373 g/mol. The molecule has 5 nitrogen and oxygen atoms in total. The average Bonchev–Trinajstić information content (AvgIpc) is 2.57. The van der Waals surface area contributed by atoms with Crippen molar-refractivity contribution in [3.05, 3.63) is 29.8 Å². The Morgan fingerprint density at radius 3 is 2.35 bits per heavy atom. The summed E-state index contributed by atoms with van der Waals surface area (Å²) in [4.78, 5) is 16.4. The summed E-state index contributed by atoms with van der Waals surface area (Å²) in [6.07, 6.45) is -3.69. The number of piperazine rings is 1. The third kappa shape index (κ3) is 8.16. The summed E-state index contributed by atoms with van der Waals surface area (Å²) < 4.78 is 40.5. The lowest BCUT2D eigenvalue weighted by molar-refractivity contribution is -0.174. The number of benzene rings is 1. The number of nitrogens with zero attached hydrogens (tertiary/aromatic N) is 2. The lowest BCUT2D eigenvalue weighted by atomic mass is 10.2. The first-order valence-corrected chi connectivity index (χ1v) is 8.77. The van der Waals surface area contributed by atoms with Crippen LogP contribution >= 0.6 is 0 Å². The largest absolute Gasteiger partial charge is 0.411 e. The number of nitrogens with one attached hydrogen (secondary N) is 1. The molecule has 1 saturated heterocycles. The van der Waals surface area contributed by atoms with E-state index in [1.807, 2.05) is 31.2 Å². The molecule has 0 atom stereocenters. The minimum atomic E-state index is -4.26. The maximum atomic E-state index is 12.1. The van der Waals surface area contributed by atoms with E-state index in [0.717, 1.165) is 37.4 Å². The van der Waals surface area contributed by atoms with Gasteiger partial charge >= 0.3 is 6.18 Å². The lowest BCUT2D eigenvalue weighted by Crippen LogP contribution is -2.48. The van der Waals surface area contributed by atoms with Crippen LogP contribution in [0, 0.1) is 6.92 Å². The maximum absolute atomic E-state index is 12.1. The molecular formula is C18H26F3N3O2. The molecule has 1 aliphatic heterocycles. The molecular weight excluding hydrogens is 347 g/mol. The molecule has 0 unspecified atom stereocenters. The van der Waals surface area contributed by atoms with Crippen LogP contribution in [0.1, 0.15) is 12.0 Å². The molecule has 1 amide bonds. The summed E-state index contributed by atoms with van der Waals surface area (Å²) >= 11 is 0. The molecule has 1 fully saturated rings. The molecule has 1 heterocycles. The molecule has 146 valence electrons. The van der Waals surface area contributed by atoms with Gasteiger partial charge in [0.05, 0.1) is 6.54 Å². The predicted octanol–water partition coefficient (Wildman–Crippen LogP) is 2.52. The highest BCUT2D eigenvalue weighted by atomic mass is 19.4. The van der Waals surface area contributed by atoms with Gasteiger partial charge < -0.3 is 15.0 Å². The number of rotatable bonds is 8. The first kappa shape index (κ1) is 20.7. The average molecular weight is 373 g/mol. The van der Waals surface area contributed by atoms with Crippen molar-refractivity contribution in [1.29, 1.82) is 0 Å². The van der Waals surface area contributed by atoms with Gasteiger partial charge in [0.2, 0.25) is 5.91 Å². The molecule has 26 heavy (non-hydrogen) atoms. The van der Waals surface area contributed by atoms with E-state index < -0.39 is 12.8 Å². The number of anilines is 1. The van der Waals surface area contributed by atoms with Crippen molar-refractivity contribution in [3.8, 4) is 0 Å². The van der Waals surface area contributed by atoms with Crippen LogP contribution in [0.15, 0.2) is 24.3 Å². The fourth-order valence-corrected chi connectivity index (χ4v) is 2.79. The van der Waals surface area contributed by atoms with E-state index in [1.165, 1.54) is 0 Å². The van der Waals surface area contributed by atoms with Crippen LogP contribution in [0.5, 0.6) is 0 Å². The Morgan fingerprint density at radius 1 is 1.12 bits per heavy atom. The van der Waals surface area contributed by atoms with Crippen molar-refractivity contribution < 1.29 is 22.7 Å². The van der Waals surface area contributed by atoms with Gasteiger partial charge in [-0.05, 0) is 25.5 Å². The highest BCUT2D eigenvalue weighted by molar-refractivity contribution is 5.92. The van der Waals surface area contributed by atoms with Crippen LogP contribution < -0.4 is 5.32 Å². The molecule has 0 aliphatic carbocycles. The summed E-state index contributed by atoms with van der Waals surface area (Å²) in [5.74, 6) is -0.0390. The Morgan fingerprint density at radius 2 is 1.73 bits per heavy atom. The van der Waals surface area contributed by atoms with E-state index in [1.54, 1.807) is 0 Å². The van der Waals surface area contributed by atoms with E-state index in [0.29, 0.717) is 19.5 Å². The number of amides is 1. The van der Waals surface area contributed by atoms with E-state index in [2.05, 4.69) is 19.9 Å². The Balaban J connectivity index is 1.58. The number of carbonyl (C=O) groups excluding carboxylic acids is 1. The highest BCUT2D eigenvalue weighted by Crippen LogP contribution is 2.14. The van der Waals surface area contributed by atoms with Crippen molar-refractivity contribution in [2.24, 2.45) is 0 Å². The van der Waals surface area contributed by atoms with Crippen LogP contribution in [0.2, 0.25) is 0 Å². The first-order chi connectivity index (χ1) is 12.3. The lowest BCUT2D eigenvalue weighted by Gasteiger charge is -2.34. The SMILES string of the molecule is Cc1ccc(NC(=O)CN2CCN(CCCOCC(F)(F)F)CC2)cc1. The van der Waals surface area contributed by atoms with E-state index in [9.17, 15) is 18.0 Å². The Hall–Kier alpha value is -1.64. The van der Waals surface area contributed by atoms with Crippen molar-refractivity contribution in [1.82, 2.24) is 9.80 Å². The number of carbonyl (C=O) groups is 1. The summed E-state index contributed by atoms with van der Waals surface area (Å²) in [7, 11) is 0. The number of halogens is 3. The smallest absolute Gasteiger partial charge is 0.372 e. The van der Waals surface area contributed by atoms with Gasteiger partial charge in [-0.3, -0.25) is 9.69 Å². The van der Waals surface area contributed by atoms with E-state index in [4.69, 9.17) is 0 Å². The minimum Gasteiger partial charge on any atom is -0.372 e. The van der Waals surface area contributed by atoms with Crippen molar-refractivity contribution in [2.45, 2.75) is 19.5 Å². The Kier molecular flexibility index (Phi) is 7.86. The molecule has 0 aromatic heterocycles. The predicted molar refractivity (Wildman–Crippen MR) is 94.2 cm³/mol. The third-order valence-electron chi connectivity index (χ3n) is 4.20. The van der Waals surface area contributed by atoms with E-state index in [-0.39, 0.29) is 12.5 Å². The highest BCUT2D eigenvalue weighted by Gasteiger charge is 2.27. The molecule has 0 spiro atoms. The molecule has 2 rings (SSSR count). The van der Waals surface area contributed by atoms with Crippen LogP contribution in [0.25, 0.3) is 0 Å². The minimum absolute atomic E-state index is 0.0390. The zero-order chi connectivity index (χ0) is 19.0. The second kappa shape index (κ2) is 9.89. The normalized spacial score (nSPS) is 16.6. The molecule has 1 aliphatic rings. The number of hydrogen-bond donors (Lipinski definition) is 1. The summed E-state index contributed by atoms with van der Waals surface area (Å²) in [6.45, 7) is 5.12. The molecule has 0 radical (unpaired) electrons. The third-order valence-corrected chi connectivity index (χ3v) is 4.20. The number of hydrogen-bond acceptors (Lipinski definition) is 4. The maximum Gasteiger partial charge on any atom is 0.411 e. The van der Waals surface area contributed by atoms with Gasteiger partial charge in [0, 0.05) is 45.0 Å². The Bertz CT molecular complexity index is 556. The molecule has 1 N–H and O–H groups in total. The quantitative estimate of drug-likeness (QED) is 0.712. The van der Waals surface area contributed by atoms with Crippen LogP contribution in [-0.4, -0.2) is 74.4 Å².